The first-order valence-corrected chi connectivity index (χ1v) is 8.91. The van der Waals surface area contributed by atoms with Crippen LogP contribution in [0, 0.1) is 10.1 Å². The zero-order valence-corrected chi connectivity index (χ0v) is 15.2. The fourth-order valence-electron chi connectivity index (χ4n) is 3.33. The van der Waals surface area contributed by atoms with Gasteiger partial charge in [0.1, 0.15) is 6.54 Å². The number of hydrogen-bond acceptors (Lipinski definition) is 5. The number of imide groups is 1. The van der Waals surface area contributed by atoms with E-state index in [1.807, 2.05) is 30.5 Å². The quantitative estimate of drug-likeness (QED) is 0.377. The summed E-state index contributed by atoms with van der Waals surface area (Å²) in [4.78, 5) is 51.1. The van der Waals surface area contributed by atoms with Crippen molar-refractivity contribution in [1.82, 2.24) is 15.2 Å². The second kappa shape index (κ2) is 7.19. The first kappa shape index (κ1) is 18.4. The van der Waals surface area contributed by atoms with Gasteiger partial charge in [0, 0.05) is 30.4 Å². The lowest BCUT2D eigenvalue weighted by molar-refractivity contribution is -0.384. The minimum atomic E-state index is -0.707. The maximum atomic E-state index is 12.4. The van der Waals surface area contributed by atoms with Gasteiger partial charge in [-0.3, -0.25) is 29.4 Å². The molecular formula is C20H16N4O5. The highest BCUT2D eigenvalue weighted by molar-refractivity contribution is 6.22. The zero-order chi connectivity index (χ0) is 20.5. The number of aromatic amines is 1. The molecule has 0 bridgehead atoms. The van der Waals surface area contributed by atoms with Gasteiger partial charge in [-0.2, -0.15) is 0 Å². The summed E-state index contributed by atoms with van der Waals surface area (Å²) in [5, 5.41) is 14.7. The maximum Gasteiger partial charge on any atom is 0.270 e. The number of rotatable bonds is 6. The van der Waals surface area contributed by atoms with Crippen molar-refractivity contribution in [1.29, 1.82) is 0 Å². The molecule has 146 valence electrons. The monoisotopic (exact) mass is 392 g/mol. The number of hydrogen-bond donors (Lipinski definition) is 2. The molecule has 0 fully saturated rings. The van der Waals surface area contributed by atoms with Crippen LogP contribution in [0.1, 0.15) is 26.3 Å². The van der Waals surface area contributed by atoms with E-state index in [-0.39, 0.29) is 16.8 Å². The van der Waals surface area contributed by atoms with Crippen molar-refractivity contribution in [3.05, 3.63) is 75.5 Å². The number of carbonyl (C=O) groups is 3. The molecule has 4 rings (SSSR count). The molecule has 0 unspecified atom stereocenters. The Kier molecular flexibility index (Phi) is 4.55. The van der Waals surface area contributed by atoms with Crippen LogP contribution in [-0.2, 0) is 11.2 Å². The summed E-state index contributed by atoms with van der Waals surface area (Å²) in [6.07, 6.45) is 2.45. The number of fused-ring (bicyclic) bond motifs is 2. The molecule has 0 spiro atoms. The summed E-state index contributed by atoms with van der Waals surface area (Å²) in [5.41, 5.74) is 1.77. The summed E-state index contributed by atoms with van der Waals surface area (Å²) >= 11 is 0. The molecule has 1 aliphatic heterocycles. The van der Waals surface area contributed by atoms with E-state index in [9.17, 15) is 24.5 Å². The number of benzene rings is 2. The van der Waals surface area contributed by atoms with Crippen LogP contribution in [0.4, 0.5) is 5.69 Å². The number of H-pyrrole nitrogens is 1. The lowest BCUT2D eigenvalue weighted by atomic mass is 10.1. The van der Waals surface area contributed by atoms with Crippen LogP contribution in [0.15, 0.2) is 48.7 Å². The lowest BCUT2D eigenvalue weighted by Crippen LogP contribution is -2.40. The summed E-state index contributed by atoms with van der Waals surface area (Å²) in [7, 11) is 0. The lowest BCUT2D eigenvalue weighted by Gasteiger charge is -2.13. The third-order valence-corrected chi connectivity index (χ3v) is 4.82. The first-order valence-electron chi connectivity index (χ1n) is 8.91. The SMILES string of the molecule is O=C(CN1C(=O)c2ccc([N+](=O)[O-])cc2C1=O)NCCc1ccc2cc[nH]c2c1. The molecule has 9 nitrogen and oxygen atoms in total. The number of nitrogens with zero attached hydrogens (tertiary/aromatic N) is 2. The molecule has 0 saturated carbocycles. The average molecular weight is 392 g/mol. The summed E-state index contributed by atoms with van der Waals surface area (Å²) in [6.45, 7) is -0.0878. The van der Waals surface area contributed by atoms with Crippen molar-refractivity contribution in [2.24, 2.45) is 0 Å². The number of carbonyl (C=O) groups excluding carboxylic acids is 3. The van der Waals surface area contributed by atoms with Crippen LogP contribution in [0.25, 0.3) is 10.9 Å². The largest absolute Gasteiger partial charge is 0.361 e. The Morgan fingerprint density at radius 2 is 1.86 bits per heavy atom. The van der Waals surface area contributed by atoms with E-state index >= 15 is 0 Å². The summed E-state index contributed by atoms with van der Waals surface area (Å²) < 4.78 is 0. The third-order valence-electron chi connectivity index (χ3n) is 4.82. The predicted molar refractivity (Wildman–Crippen MR) is 103 cm³/mol. The van der Waals surface area contributed by atoms with E-state index in [4.69, 9.17) is 0 Å². The molecular weight excluding hydrogens is 376 g/mol. The highest BCUT2D eigenvalue weighted by atomic mass is 16.6. The van der Waals surface area contributed by atoms with E-state index in [0.717, 1.165) is 33.5 Å². The van der Waals surface area contributed by atoms with Crippen LogP contribution in [0.3, 0.4) is 0 Å². The van der Waals surface area contributed by atoms with Gasteiger partial charge in [0.05, 0.1) is 16.1 Å². The summed E-state index contributed by atoms with van der Waals surface area (Å²) in [6, 6.07) is 11.4. The van der Waals surface area contributed by atoms with Gasteiger partial charge in [-0.15, -0.1) is 0 Å². The highest BCUT2D eigenvalue weighted by Crippen LogP contribution is 2.26. The molecule has 0 radical (unpaired) electrons. The molecule has 2 aromatic carbocycles. The Labute approximate surface area is 164 Å². The Hall–Kier alpha value is -4.01. The molecule has 1 aromatic heterocycles. The smallest absolute Gasteiger partial charge is 0.270 e. The van der Waals surface area contributed by atoms with Crippen molar-refractivity contribution in [3.63, 3.8) is 0 Å². The Bertz CT molecular complexity index is 1170. The molecule has 0 aliphatic carbocycles. The van der Waals surface area contributed by atoms with Gasteiger partial charge in [0.25, 0.3) is 17.5 Å². The van der Waals surface area contributed by atoms with Crippen LogP contribution in [0.5, 0.6) is 0 Å². The second-order valence-corrected chi connectivity index (χ2v) is 6.68. The molecule has 2 heterocycles. The van der Waals surface area contributed by atoms with Gasteiger partial charge < -0.3 is 10.3 Å². The second-order valence-electron chi connectivity index (χ2n) is 6.68. The fraction of sp³-hybridized carbons (Fsp3) is 0.150. The van der Waals surface area contributed by atoms with Crippen LogP contribution in [-0.4, -0.2) is 45.6 Å². The standard InChI is InChI=1S/C20H16N4O5/c25-18(22-7-5-12-1-2-13-6-8-21-17(13)9-12)11-23-19(26)15-4-3-14(24(28)29)10-16(15)20(23)27/h1-4,6,8-10,21H,5,7,11H2,(H,22,25). The van der Waals surface area contributed by atoms with Gasteiger partial charge in [-0.25, -0.2) is 0 Å². The van der Waals surface area contributed by atoms with Crippen LogP contribution >= 0.6 is 0 Å². The van der Waals surface area contributed by atoms with E-state index in [0.29, 0.717) is 13.0 Å². The van der Waals surface area contributed by atoms with Crippen LogP contribution < -0.4 is 5.32 Å². The Morgan fingerprint density at radius 3 is 2.66 bits per heavy atom. The fourth-order valence-corrected chi connectivity index (χ4v) is 3.33. The van der Waals surface area contributed by atoms with Gasteiger partial charge in [-0.1, -0.05) is 12.1 Å². The van der Waals surface area contributed by atoms with E-state index in [1.54, 1.807) is 0 Å². The van der Waals surface area contributed by atoms with Gasteiger partial charge in [0.15, 0.2) is 0 Å². The topological polar surface area (TPSA) is 125 Å². The Balaban J connectivity index is 1.36. The first-order chi connectivity index (χ1) is 13.9. The molecule has 2 N–H and O–H groups in total. The number of nitro groups is 1. The van der Waals surface area contributed by atoms with Crippen molar-refractivity contribution < 1.29 is 19.3 Å². The molecule has 0 saturated heterocycles. The van der Waals surface area contributed by atoms with E-state index in [2.05, 4.69) is 10.3 Å². The molecule has 3 aromatic rings. The van der Waals surface area contributed by atoms with Gasteiger partial charge in [0.2, 0.25) is 5.91 Å². The average Bonchev–Trinajstić information content (AvgIpc) is 3.26. The van der Waals surface area contributed by atoms with Gasteiger partial charge >= 0.3 is 0 Å². The van der Waals surface area contributed by atoms with Crippen LogP contribution in [0.2, 0.25) is 0 Å². The molecule has 0 atom stereocenters. The summed E-state index contributed by atoms with van der Waals surface area (Å²) in [5.74, 6) is -1.82. The molecule has 29 heavy (non-hydrogen) atoms. The molecule has 9 heteroatoms. The normalized spacial score (nSPS) is 13.0. The minimum absolute atomic E-state index is 0.0590. The third kappa shape index (κ3) is 3.45. The Morgan fingerprint density at radius 1 is 1.07 bits per heavy atom. The number of nitrogens with one attached hydrogen (secondary N) is 2. The predicted octanol–water partition coefficient (Wildman–Crippen LogP) is 2.03. The molecule has 1 aliphatic rings. The van der Waals surface area contributed by atoms with Crippen molar-refractivity contribution in [2.45, 2.75) is 6.42 Å². The van der Waals surface area contributed by atoms with Crippen molar-refractivity contribution in [2.75, 3.05) is 13.1 Å². The zero-order valence-electron chi connectivity index (χ0n) is 15.2. The van der Waals surface area contributed by atoms with Gasteiger partial charge in [-0.05, 0) is 35.6 Å². The number of non-ortho nitro benzene ring substituents is 1. The molecule has 3 amide bonds. The van der Waals surface area contributed by atoms with Crippen molar-refractivity contribution in [3.8, 4) is 0 Å². The number of aromatic nitrogens is 1. The minimum Gasteiger partial charge on any atom is -0.361 e. The van der Waals surface area contributed by atoms with E-state index in [1.165, 1.54) is 6.07 Å². The number of nitro benzene ring substituents is 1. The maximum absolute atomic E-state index is 12.4. The van der Waals surface area contributed by atoms with Crippen molar-refractivity contribution >= 4 is 34.3 Å². The highest BCUT2D eigenvalue weighted by Gasteiger charge is 2.37. The number of amides is 3. The van der Waals surface area contributed by atoms with E-state index < -0.39 is 29.2 Å².